The van der Waals surface area contributed by atoms with E-state index in [2.05, 4.69) is 20.6 Å². The molecule has 96 valence electrons. The van der Waals surface area contributed by atoms with Crippen LogP contribution < -0.4 is 10.6 Å². The highest BCUT2D eigenvalue weighted by atomic mass is 32.2. The minimum Gasteiger partial charge on any atom is -0.396 e. The van der Waals surface area contributed by atoms with Gasteiger partial charge in [0.1, 0.15) is 5.82 Å². The van der Waals surface area contributed by atoms with E-state index in [0.29, 0.717) is 5.95 Å². The van der Waals surface area contributed by atoms with E-state index in [1.54, 1.807) is 13.2 Å². The quantitative estimate of drug-likeness (QED) is 0.610. The Labute approximate surface area is 106 Å². The van der Waals surface area contributed by atoms with Crippen molar-refractivity contribution in [3.05, 3.63) is 11.8 Å². The molecule has 0 saturated heterocycles. The maximum absolute atomic E-state index is 8.64. The van der Waals surface area contributed by atoms with Crippen LogP contribution in [0.15, 0.2) is 6.20 Å². The summed E-state index contributed by atoms with van der Waals surface area (Å²) in [6.45, 7) is 3.13. The minimum absolute atomic E-state index is 0.275. The van der Waals surface area contributed by atoms with Crippen molar-refractivity contribution in [3.63, 3.8) is 0 Å². The largest absolute Gasteiger partial charge is 0.396 e. The van der Waals surface area contributed by atoms with Crippen LogP contribution in [0.3, 0.4) is 0 Å². The third-order valence-electron chi connectivity index (χ3n) is 2.18. The number of aliphatic hydroxyl groups is 1. The number of nitrogens with one attached hydrogen (secondary N) is 2. The third-order valence-corrected chi connectivity index (χ3v) is 3.25. The Kier molecular flexibility index (Phi) is 6.73. The maximum Gasteiger partial charge on any atom is 0.224 e. The van der Waals surface area contributed by atoms with E-state index in [1.807, 2.05) is 18.7 Å². The molecular formula is C11H20N4OS. The molecule has 0 aliphatic rings. The zero-order valence-electron chi connectivity index (χ0n) is 10.4. The lowest BCUT2D eigenvalue weighted by Crippen LogP contribution is -2.09. The SMILES string of the molecule is CNc1ncc(C)c(NCCSCCCO)n1. The van der Waals surface area contributed by atoms with Crippen LogP contribution in [0.4, 0.5) is 11.8 Å². The second kappa shape index (κ2) is 8.14. The predicted molar refractivity (Wildman–Crippen MR) is 73.8 cm³/mol. The topological polar surface area (TPSA) is 70.1 Å². The van der Waals surface area contributed by atoms with Crippen molar-refractivity contribution < 1.29 is 5.11 Å². The average molecular weight is 256 g/mol. The summed E-state index contributed by atoms with van der Waals surface area (Å²) >= 11 is 1.83. The molecule has 0 aliphatic carbocycles. The summed E-state index contributed by atoms with van der Waals surface area (Å²) in [5.41, 5.74) is 1.05. The molecule has 0 bridgehead atoms. The lowest BCUT2D eigenvalue weighted by molar-refractivity contribution is 0.296. The van der Waals surface area contributed by atoms with Gasteiger partial charge in [-0.25, -0.2) is 4.98 Å². The molecule has 0 unspecified atom stereocenters. The summed E-state index contributed by atoms with van der Waals surface area (Å²) in [7, 11) is 1.80. The maximum atomic E-state index is 8.64. The molecule has 0 saturated carbocycles. The van der Waals surface area contributed by atoms with Gasteiger partial charge in [-0.2, -0.15) is 16.7 Å². The number of aryl methyl sites for hydroxylation is 1. The third kappa shape index (κ3) is 5.23. The van der Waals surface area contributed by atoms with Crippen LogP contribution in [0.1, 0.15) is 12.0 Å². The van der Waals surface area contributed by atoms with Gasteiger partial charge in [0.05, 0.1) is 0 Å². The zero-order valence-corrected chi connectivity index (χ0v) is 11.2. The van der Waals surface area contributed by atoms with Crippen molar-refractivity contribution >= 4 is 23.5 Å². The molecule has 1 aromatic rings. The van der Waals surface area contributed by atoms with Crippen LogP contribution in [0, 0.1) is 6.92 Å². The number of aliphatic hydroxyl groups excluding tert-OH is 1. The molecule has 0 radical (unpaired) electrons. The number of hydrogen-bond donors (Lipinski definition) is 3. The Morgan fingerprint density at radius 2 is 2.24 bits per heavy atom. The first-order valence-corrected chi connectivity index (χ1v) is 6.87. The Hall–Kier alpha value is -1.01. The first-order valence-electron chi connectivity index (χ1n) is 5.71. The molecular weight excluding hydrogens is 236 g/mol. The molecule has 3 N–H and O–H groups in total. The van der Waals surface area contributed by atoms with E-state index in [1.165, 1.54) is 0 Å². The van der Waals surface area contributed by atoms with Crippen LogP contribution in [-0.4, -0.2) is 46.8 Å². The van der Waals surface area contributed by atoms with Crippen LogP contribution in [0.2, 0.25) is 0 Å². The van der Waals surface area contributed by atoms with Crippen LogP contribution in [0.5, 0.6) is 0 Å². The van der Waals surface area contributed by atoms with Crippen LogP contribution in [0.25, 0.3) is 0 Å². The van der Waals surface area contributed by atoms with Crippen molar-refractivity contribution in [2.45, 2.75) is 13.3 Å². The standard InChI is InChI=1S/C11H20N4OS/c1-9-8-14-11(12-2)15-10(9)13-4-7-17-6-3-5-16/h8,16H,3-7H2,1-2H3,(H2,12,13,14,15). The van der Waals surface area contributed by atoms with Gasteiger partial charge in [-0.1, -0.05) is 0 Å². The molecule has 0 amide bonds. The first kappa shape index (κ1) is 14.1. The Bertz CT molecular complexity index is 335. The number of thioether (sulfide) groups is 1. The Morgan fingerprint density at radius 1 is 1.41 bits per heavy atom. The number of anilines is 2. The van der Waals surface area contributed by atoms with Gasteiger partial charge in [0.2, 0.25) is 5.95 Å². The van der Waals surface area contributed by atoms with Gasteiger partial charge in [0, 0.05) is 37.7 Å². The molecule has 0 atom stereocenters. The molecule has 0 spiro atoms. The van der Waals surface area contributed by atoms with E-state index >= 15 is 0 Å². The van der Waals surface area contributed by atoms with E-state index in [-0.39, 0.29) is 6.61 Å². The summed E-state index contributed by atoms with van der Waals surface area (Å²) in [5.74, 6) is 3.53. The molecule has 17 heavy (non-hydrogen) atoms. The molecule has 5 nitrogen and oxygen atoms in total. The van der Waals surface area contributed by atoms with Gasteiger partial charge in [0.15, 0.2) is 0 Å². The summed E-state index contributed by atoms with van der Waals surface area (Å²) in [4.78, 5) is 8.47. The normalized spacial score (nSPS) is 10.3. The van der Waals surface area contributed by atoms with Crippen LogP contribution in [-0.2, 0) is 0 Å². The first-order chi connectivity index (χ1) is 8.27. The zero-order chi connectivity index (χ0) is 12.5. The number of nitrogens with zero attached hydrogens (tertiary/aromatic N) is 2. The highest BCUT2D eigenvalue weighted by Gasteiger charge is 2.01. The van der Waals surface area contributed by atoms with Crippen molar-refractivity contribution in [2.24, 2.45) is 0 Å². The predicted octanol–water partition coefficient (Wildman–Crippen LogP) is 1.35. The highest BCUT2D eigenvalue weighted by molar-refractivity contribution is 7.99. The van der Waals surface area contributed by atoms with Crippen molar-refractivity contribution in [2.75, 3.05) is 42.3 Å². The second-order valence-corrected chi connectivity index (χ2v) is 4.82. The Morgan fingerprint density at radius 3 is 2.94 bits per heavy atom. The molecule has 1 heterocycles. The van der Waals surface area contributed by atoms with Gasteiger partial charge in [-0.15, -0.1) is 0 Å². The van der Waals surface area contributed by atoms with Gasteiger partial charge in [-0.3, -0.25) is 0 Å². The number of hydrogen-bond acceptors (Lipinski definition) is 6. The van der Waals surface area contributed by atoms with Crippen molar-refractivity contribution in [3.8, 4) is 0 Å². The van der Waals surface area contributed by atoms with Gasteiger partial charge in [-0.05, 0) is 19.1 Å². The molecule has 1 aromatic heterocycles. The van der Waals surface area contributed by atoms with E-state index in [0.717, 1.165) is 35.9 Å². The van der Waals surface area contributed by atoms with Crippen molar-refractivity contribution in [1.82, 2.24) is 9.97 Å². The fourth-order valence-corrected chi connectivity index (χ4v) is 2.04. The summed E-state index contributed by atoms with van der Waals surface area (Å²) in [6.07, 6.45) is 2.67. The van der Waals surface area contributed by atoms with Gasteiger partial charge >= 0.3 is 0 Å². The monoisotopic (exact) mass is 256 g/mol. The van der Waals surface area contributed by atoms with E-state index in [9.17, 15) is 0 Å². The highest BCUT2D eigenvalue weighted by Crippen LogP contribution is 2.12. The Balaban J connectivity index is 2.30. The summed E-state index contributed by atoms with van der Waals surface area (Å²) in [6, 6.07) is 0. The van der Waals surface area contributed by atoms with Gasteiger partial charge in [0.25, 0.3) is 0 Å². The summed E-state index contributed by atoms with van der Waals surface area (Å²) < 4.78 is 0. The molecule has 1 rings (SSSR count). The number of rotatable bonds is 8. The van der Waals surface area contributed by atoms with Crippen molar-refractivity contribution in [1.29, 1.82) is 0 Å². The molecule has 0 fully saturated rings. The summed E-state index contributed by atoms with van der Waals surface area (Å²) in [5, 5.41) is 14.8. The van der Waals surface area contributed by atoms with E-state index < -0.39 is 0 Å². The lowest BCUT2D eigenvalue weighted by atomic mass is 10.3. The molecule has 0 aromatic carbocycles. The molecule has 0 aliphatic heterocycles. The lowest BCUT2D eigenvalue weighted by Gasteiger charge is -2.09. The van der Waals surface area contributed by atoms with Crippen LogP contribution >= 0.6 is 11.8 Å². The van der Waals surface area contributed by atoms with E-state index in [4.69, 9.17) is 5.11 Å². The fourth-order valence-electron chi connectivity index (χ4n) is 1.25. The second-order valence-electron chi connectivity index (χ2n) is 3.59. The average Bonchev–Trinajstić information content (AvgIpc) is 2.35. The smallest absolute Gasteiger partial charge is 0.224 e. The fraction of sp³-hybridized carbons (Fsp3) is 0.636. The number of aromatic nitrogens is 2. The molecule has 6 heteroatoms. The van der Waals surface area contributed by atoms with Gasteiger partial charge < -0.3 is 15.7 Å². The minimum atomic E-state index is 0.275.